The molecule has 1 aromatic heterocycles. The molecule has 0 radical (unpaired) electrons. The molecule has 0 saturated heterocycles. The third-order valence-electron chi connectivity index (χ3n) is 3.13. The predicted octanol–water partition coefficient (Wildman–Crippen LogP) is 2.42. The SMILES string of the molecule is Cn1cc(C(=O)NC2(Cl)C=C(Cl)C=CC2C(=O)O)c(C(F)F)n1. The van der Waals surface area contributed by atoms with Gasteiger partial charge in [-0.3, -0.25) is 14.3 Å². The minimum Gasteiger partial charge on any atom is -0.481 e. The van der Waals surface area contributed by atoms with Crippen molar-refractivity contribution in [1.29, 1.82) is 0 Å². The Morgan fingerprint density at radius 1 is 1.52 bits per heavy atom. The van der Waals surface area contributed by atoms with Crippen LogP contribution in [0.3, 0.4) is 0 Å². The number of carbonyl (C=O) groups excluding carboxylic acids is 1. The second kappa shape index (κ2) is 6.29. The van der Waals surface area contributed by atoms with Gasteiger partial charge in [-0.25, -0.2) is 8.78 Å². The smallest absolute Gasteiger partial charge is 0.314 e. The van der Waals surface area contributed by atoms with Crippen LogP contribution < -0.4 is 5.32 Å². The van der Waals surface area contributed by atoms with Crippen molar-refractivity contribution in [3.63, 3.8) is 0 Å². The van der Waals surface area contributed by atoms with E-state index in [1.165, 1.54) is 19.2 Å². The number of carboxylic acids is 1. The van der Waals surface area contributed by atoms with Crippen molar-refractivity contribution in [3.8, 4) is 0 Å². The van der Waals surface area contributed by atoms with Gasteiger partial charge in [-0.15, -0.1) is 0 Å². The lowest BCUT2D eigenvalue weighted by molar-refractivity contribution is -0.140. The van der Waals surface area contributed by atoms with Crippen LogP contribution in [0, 0.1) is 5.92 Å². The van der Waals surface area contributed by atoms with Crippen LogP contribution in [0.4, 0.5) is 8.78 Å². The number of aromatic nitrogens is 2. The molecule has 0 bridgehead atoms. The average Bonchev–Trinajstić information content (AvgIpc) is 2.80. The van der Waals surface area contributed by atoms with E-state index in [-0.39, 0.29) is 5.03 Å². The van der Waals surface area contributed by atoms with Crippen LogP contribution in [0.1, 0.15) is 22.5 Å². The van der Waals surface area contributed by atoms with E-state index in [1.807, 2.05) is 0 Å². The number of aryl methyl sites for hydroxylation is 1. The molecule has 0 fully saturated rings. The number of carbonyl (C=O) groups is 2. The fourth-order valence-corrected chi connectivity index (χ4v) is 2.80. The molecule has 6 nitrogen and oxygen atoms in total. The Morgan fingerprint density at radius 2 is 2.17 bits per heavy atom. The van der Waals surface area contributed by atoms with Crippen molar-refractivity contribution in [2.45, 2.75) is 11.4 Å². The van der Waals surface area contributed by atoms with Crippen molar-refractivity contribution in [1.82, 2.24) is 15.1 Å². The summed E-state index contributed by atoms with van der Waals surface area (Å²) in [6.45, 7) is 0. The summed E-state index contributed by atoms with van der Waals surface area (Å²) in [4.78, 5) is 21.7. The molecule has 124 valence electrons. The number of aliphatic carboxylic acids is 1. The quantitative estimate of drug-likeness (QED) is 0.633. The summed E-state index contributed by atoms with van der Waals surface area (Å²) in [5.74, 6) is -3.61. The van der Waals surface area contributed by atoms with Gasteiger partial charge in [0, 0.05) is 18.3 Å². The van der Waals surface area contributed by atoms with E-state index in [0.29, 0.717) is 0 Å². The van der Waals surface area contributed by atoms with E-state index < -0.39 is 40.5 Å². The van der Waals surface area contributed by atoms with Crippen LogP contribution >= 0.6 is 23.2 Å². The molecule has 0 aliphatic heterocycles. The highest BCUT2D eigenvalue weighted by Crippen LogP contribution is 2.33. The van der Waals surface area contributed by atoms with Gasteiger partial charge in [0.25, 0.3) is 12.3 Å². The van der Waals surface area contributed by atoms with E-state index in [9.17, 15) is 23.5 Å². The number of carboxylic acid groups (broad SMARTS) is 1. The average molecular weight is 366 g/mol. The number of alkyl halides is 3. The minimum atomic E-state index is -2.97. The zero-order chi connectivity index (χ0) is 17.4. The van der Waals surface area contributed by atoms with Crippen LogP contribution in [0.15, 0.2) is 29.5 Å². The van der Waals surface area contributed by atoms with Gasteiger partial charge in [-0.05, 0) is 12.2 Å². The van der Waals surface area contributed by atoms with Gasteiger partial charge >= 0.3 is 5.97 Å². The lowest BCUT2D eigenvalue weighted by Gasteiger charge is -2.31. The number of hydrogen-bond donors (Lipinski definition) is 2. The van der Waals surface area contributed by atoms with E-state index in [2.05, 4.69) is 10.4 Å². The van der Waals surface area contributed by atoms with Gasteiger partial charge in [0.2, 0.25) is 0 Å². The normalized spacial score (nSPS) is 23.7. The van der Waals surface area contributed by atoms with Crippen molar-refractivity contribution in [2.24, 2.45) is 13.0 Å². The van der Waals surface area contributed by atoms with Gasteiger partial charge in [-0.2, -0.15) is 5.10 Å². The van der Waals surface area contributed by atoms with Crippen LogP contribution in [-0.2, 0) is 11.8 Å². The van der Waals surface area contributed by atoms with Gasteiger partial charge in [0.05, 0.1) is 5.56 Å². The summed E-state index contributed by atoms with van der Waals surface area (Å²) < 4.78 is 26.9. The summed E-state index contributed by atoms with van der Waals surface area (Å²) in [6.07, 6.45) is 1.78. The number of nitrogens with zero attached hydrogens (tertiary/aromatic N) is 2. The monoisotopic (exact) mass is 365 g/mol. The zero-order valence-corrected chi connectivity index (χ0v) is 13.1. The molecule has 1 heterocycles. The molecule has 10 heteroatoms. The maximum atomic E-state index is 12.9. The highest BCUT2D eigenvalue weighted by atomic mass is 35.5. The fraction of sp³-hybridized carbons (Fsp3) is 0.308. The Balaban J connectivity index is 2.35. The Labute approximate surface area is 139 Å². The van der Waals surface area contributed by atoms with Crippen LogP contribution in [0.25, 0.3) is 0 Å². The second-order valence-electron chi connectivity index (χ2n) is 4.83. The Morgan fingerprint density at radius 3 is 2.74 bits per heavy atom. The van der Waals surface area contributed by atoms with Crippen molar-refractivity contribution < 1.29 is 23.5 Å². The second-order valence-corrected chi connectivity index (χ2v) is 5.89. The topological polar surface area (TPSA) is 84.2 Å². The first-order valence-electron chi connectivity index (χ1n) is 6.26. The van der Waals surface area contributed by atoms with Crippen molar-refractivity contribution in [2.75, 3.05) is 0 Å². The Kier molecular flexibility index (Phi) is 4.76. The maximum Gasteiger partial charge on any atom is 0.314 e. The molecule has 2 atom stereocenters. The largest absolute Gasteiger partial charge is 0.481 e. The standard InChI is InChI=1S/C13H11Cl2F2N3O3/c1-20-5-7(9(19-20)10(16)17)11(21)18-13(15)4-6(14)2-3-8(13)12(22)23/h2-5,8,10H,1H3,(H,18,21)(H,22,23). The molecule has 1 aromatic rings. The summed E-state index contributed by atoms with van der Waals surface area (Å²) in [5.41, 5.74) is -1.12. The number of halogens is 4. The Hall–Kier alpha value is -1.93. The molecular formula is C13H11Cl2F2N3O3. The van der Waals surface area contributed by atoms with Crippen LogP contribution in [0.2, 0.25) is 0 Å². The number of rotatable bonds is 4. The molecule has 2 rings (SSSR count). The molecule has 2 N–H and O–H groups in total. The summed E-state index contributed by atoms with van der Waals surface area (Å²) >= 11 is 12.0. The molecule has 0 aromatic carbocycles. The highest BCUT2D eigenvalue weighted by molar-refractivity contribution is 6.34. The van der Waals surface area contributed by atoms with E-state index in [0.717, 1.165) is 17.0 Å². The van der Waals surface area contributed by atoms with Crippen molar-refractivity contribution >= 4 is 35.1 Å². The molecular weight excluding hydrogens is 355 g/mol. The minimum absolute atomic E-state index is 0.109. The molecule has 2 unspecified atom stereocenters. The molecule has 0 spiro atoms. The lowest BCUT2D eigenvalue weighted by atomic mass is 9.94. The van der Waals surface area contributed by atoms with Crippen LogP contribution in [0.5, 0.6) is 0 Å². The molecule has 0 saturated carbocycles. The summed E-state index contributed by atoms with van der Waals surface area (Å²) in [5, 5.41) is 15.0. The molecule has 23 heavy (non-hydrogen) atoms. The van der Waals surface area contributed by atoms with Crippen LogP contribution in [-0.4, -0.2) is 31.8 Å². The molecule has 1 amide bonds. The number of hydrogen-bond acceptors (Lipinski definition) is 3. The maximum absolute atomic E-state index is 12.9. The highest BCUT2D eigenvalue weighted by Gasteiger charge is 2.42. The van der Waals surface area contributed by atoms with Gasteiger partial charge in [0.15, 0.2) is 5.00 Å². The van der Waals surface area contributed by atoms with E-state index >= 15 is 0 Å². The number of nitrogens with one attached hydrogen (secondary N) is 1. The number of allylic oxidation sites excluding steroid dienone is 2. The Bertz CT molecular complexity index is 717. The first-order valence-corrected chi connectivity index (χ1v) is 7.02. The van der Waals surface area contributed by atoms with E-state index in [4.69, 9.17) is 23.2 Å². The van der Waals surface area contributed by atoms with Gasteiger partial charge in [0.1, 0.15) is 11.6 Å². The lowest BCUT2D eigenvalue weighted by Crippen LogP contribution is -2.51. The first-order chi connectivity index (χ1) is 10.6. The van der Waals surface area contributed by atoms with Crippen molar-refractivity contribution in [3.05, 3.63) is 40.7 Å². The predicted molar refractivity (Wildman–Crippen MR) is 78.4 cm³/mol. The molecule has 1 aliphatic rings. The summed E-state index contributed by atoms with van der Waals surface area (Å²) in [7, 11) is 1.37. The third-order valence-corrected chi connectivity index (χ3v) is 3.80. The summed E-state index contributed by atoms with van der Waals surface area (Å²) in [6, 6.07) is 0. The van der Waals surface area contributed by atoms with Gasteiger partial charge < -0.3 is 10.4 Å². The third kappa shape index (κ3) is 3.53. The van der Waals surface area contributed by atoms with E-state index in [1.54, 1.807) is 0 Å². The molecule has 1 aliphatic carbocycles. The first kappa shape index (κ1) is 17.4. The number of amides is 1. The van der Waals surface area contributed by atoms with Gasteiger partial charge in [-0.1, -0.05) is 29.3 Å². The fourth-order valence-electron chi connectivity index (χ4n) is 2.13. The zero-order valence-electron chi connectivity index (χ0n) is 11.6.